The van der Waals surface area contributed by atoms with E-state index in [1.54, 1.807) is 38.1 Å². The molecule has 40 heavy (non-hydrogen) atoms. The van der Waals surface area contributed by atoms with Crippen LogP contribution in [0.1, 0.15) is 43.1 Å². The smallest absolute Gasteiger partial charge is 0.335 e. The van der Waals surface area contributed by atoms with Gasteiger partial charge in [0.15, 0.2) is 0 Å². The molecule has 1 saturated carbocycles. The van der Waals surface area contributed by atoms with E-state index in [1.807, 2.05) is 0 Å². The van der Waals surface area contributed by atoms with Gasteiger partial charge in [0.25, 0.3) is 11.5 Å². The van der Waals surface area contributed by atoms with E-state index in [4.69, 9.17) is 4.74 Å². The summed E-state index contributed by atoms with van der Waals surface area (Å²) in [5.41, 5.74) is -1.24. The van der Waals surface area contributed by atoms with Crippen LogP contribution in [-0.2, 0) is 4.79 Å². The second-order valence-electron chi connectivity index (χ2n) is 9.53. The van der Waals surface area contributed by atoms with Crippen molar-refractivity contribution < 1.29 is 18.7 Å². The first-order valence-electron chi connectivity index (χ1n) is 12.6. The molecule has 0 unspecified atom stereocenters. The number of carbonyl (C=O) groups is 2. The van der Waals surface area contributed by atoms with Crippen molar-refractivity contribution in [3.05, 3.63) is 99.3 Å². The first-order valence-corrected chi connectivity index (χ1v) is 12.6. The average Bonchev–Trinajstić information content (AvgIpc) is 3.77. The number of benzene rings is 2. The molecule has 0 spiro atoms. The number of carbonyl (C=O) groups excluding carboxylic acids is 2. The van der Waals surface area contributed by atoms with Gasteiger partial charge in [-0.3, -0.25) is 19.0 Å². The fourth-order valence-corrected chi connectivity index (χ4v) is 3.88. The van der Waals surface area contributed by atoms with E-state index >= 15 is 0 Å². The Bertz CT molecular complexity index is 1690. The van der Waals surface area contributed by atoms with Crippen molar-refractivity contribution in [1.29, 1.82) is 0 Å². The molecular formula is C28H25FN6O5. The summed E-state index contributed by atoms with van der Waals surface area (Å²) < 4.78 is 21.3. The van der Waals surface area contributed by atoms with Crippen LogP contribution in [0.2, 0.25) is 0 Å². The summed E-state index contributed by atoms with van der Waals surface area (Å²) in [6, 6.07) is 12.3. The summed E-state index contributed by atoms with van der Waals surface area (Å²) in [5.74, 6) is -0.351. The van der Waals surface area contributed by atoms with E-state index in [2.05, 4.69) is 20.6 Å². The molecule has 1 aliphatic carbocycles. The zero-order valence-electron chi connectivity index (χ0n) is 21.6. The molecule has 12 heteroatoms. The van der Waals surface area contributed by atoms with Crippen molar-refractivity contribution in [2.75, 3.05) is 10.6 Å². The number of hydrogen-bond donors (Lipinski definition) is 2. The number of ether oxygens (including phenoxy) is 1. The monoisotopic (exact) mass is 544 g/mol. The highest BCUT2D eigenvalue weighted by Crippen LogP contribution is 2.30. The maximum atomic E-state index is 13.4. The Labute approximate surface area is 227 Å². The van der Waals surface area contributed by atoms with Crippen LogP contribution in [0.3, 0.4) is 0 Å². The summed E-state index contributed by atoms with van der Waals surface area (Å²) in [4.78, 5) is 59.4. The third-order valence-electron chi connectivity index (χ3n) is 6.18. The number of rotatable bonds is 8. The highest BCUT2D eigenvalue weighted by molar-refractivity contribution is 6.03. The average molecular weight is 545 g/mol. The van der Waals surface area contributed by atoms with Gasteiger partial charge in [-0.2, -0.15) is 0 Å². The topological polar surface area (TPSA) is 137 Å². The third kappa shape index (κ3) is 5.80. The molecule has 0 saturated heterocycles. The molecule has 204 valence electrons. The minimum Gasteiger partial charge on any atom is -0.439 e. The van der Waals surface area contributed by atoms with Gasteiger partial charge < -0.3 is 15.4 Å². The lowest BCUT2D eigenvalue weighted by Crippen LogP contribution is -2.42. The Morgan fingerprint density at radius 3 is 2.35 bits per heavy atom. The summed E-state index contributed by atoms with van der Waals surface area (Å²) in [5, 5.41) is 5.38. The molecule has 1 fully saturated rings. The molecule has 4 aromatic rings. The van der Waals surface area contributed by atoms with E-state index in [1.165, 1.54) is 35.3 Å². The van der Waals surface area contributed by atoms with Gasteiger partial charge in [0.1, 0.15) is 29.3 Å². The summed E-state index contributed by atoms with van der Waals surface area (Å²) in [7, 11) is 0. The standard InChI is InChI=1S/C28H25FN6O5/c1-16(2)34-14-22(27(38)35(28(34)39)20-9-5-18(29)6-10-20)26(37)32-19-7-11-21(12-8-19)40-24-13-23(30-15-31-24)33-25(36)17-3-4-17/h5-17H,3-4H2,1-2H3,(H,32,37)(H,30,31,33,36). The van der Waals surface area contributed by atoms with E-state index in [9.17, 15) is 23.6 Å². The van der Waals surface area contributed by atoms with Crippen molar-refractivity contribution in [3.8, 4) is 17.3 Å². The first kappa shape index (κ1) is 26.5. The van der Waals surface area contributed by atoms with Crippen molar-refractivity contribution in [2.45, 2.75) is 32.7 Å². The second-order valence-corrected chi connectivity index (χ2v) is 9.53. The highest BCUT2D eigenvalue weighted by atomic mass is 19.1. The van der Waals surface area contributed by atoms with Crippen LogP contribution >= 0.6 is 0 Å². The molecule has 1 aliphatic rings. The second kappa shape index (κ2) is 10.9. The van der Waals surface area contributed by atoms with Crippen molar-refractivity contribution in [3.63, 3.8) is 0 Å². The van der Waals surface area contributed by atoms with Crippen LogP contribution < -0.4 is 26.6 Å². The fraction of sp³-hybridized carbons (Fsp3) is 0.214. The Hall–Kier alpha value is -5.13. The van der Waals surface area contributed by atoms with Crippen molar-refractivity contribution in [1.82, 2.24) is 19.1 Å². The van der Waals surface area contributed by atoms with E-state index in [-0.39, 0.29) is 35.0 Å². The molecule has 0 radical (unpaired) electrons. The zero-order chi connectivity index (χ0) is 28.4. The van der Waals surface area contributed by atoms with Gasteiger partial charge >= 0.3 is 5.69 Å². The number of aromatic nitrogens is 4. The van der Waals surface area contributed by atoms with Crippen LogP contribution in [0, 0.1) is 11.7 Å². The number of hydrogen-bond acceptors (Lipinski definition) is 7. The lowest BCUT2D eigenvalue weighted by atomic mass is 10.2. The normalized spacial score (nSPS) is 12.7. The van der Waals surface area contributed by atoms with Gasteiger partial charge in [-0.1, -0.05) is 0 Å². The molecule has 0 aliphatic heterocycles. The number of nitrogens with zero attached hydrogens (tertiary/aromatic N) is 4. The van der Waals surface area contributed by atoms with E-state index in [0.717, 1.165) is 29.5 Å². The molecule has 2 amide bonds. The molecule has 0 bridgehead atoms. The number of anilines is 2. The largest absolute Gasteiger partial charge is 0.439 e. The number of nitrogens with one attached hydrogen (secondary N) is 2. The predicted octanol–water partition coefficient (Wildman–Crippen LogP) is 3.90. The van der Waals surface area contributed by atoms with Crippen LogP contribution in [0.4, 0.5) is 15.9 Å². The molecule has 2 aromatic carbocycles. The quantitative estimate of drug-likeness (QED) is 0.343. The first-order chi connectivity index (χ1) is 19.2. The Morgan fingerprint density at radius 1 is 1.00 bits per heavy atom. The van der Waals surface area contributed by atoms with Crippen LogP contribution in [0.25, 0.3) is 5.69 Å². The van der Waals surface area contributed by atoms with Gasteiger partial charge in [-0.25, -0.2) is 23.7 Å². The van der Waals surface area contributed by atoms with Crippen molar-refractivity contribution >= 4 is 23.3 Å². The van der Waals surface area contributed by atoms with Gasteiger partial charge in [0.05, 0.1) is 5.69 Å². The molecular weight excluding hydrogens is 519 g/mol. The SMILES string of the molecule is CC(C)n1cc(C(=O)Nc2ccc(Oc3cc(NC(=O)C4CC4)ncn3)cc2)c(=O)n(-c2ccc(F)cc2)c1=O. The molecule has 2 N–H and O–H groups in total. The highest BCUT2D eigenvalue weighted by Gasteiger charge is 2.29. The fourth-order valence-electron chi connectivity index (χ4n) is 3.88. The molecule has 2 heterocycles. The van der Waals surface area contributed by atoms with Gasteiger partial charge in [0, 0.05) is 29.9 Å². The molecule has 11 nitrogen and oxygen atoms in total. The van der Waals surface area contributed by atoms with Gasteiger partial charge in [-0.15, -0.1) is 0 Å². The number of amides is 2. The molecule has 0 atom stereocenters. The van der Waals surface area contributed by atoms with Gasteiger partial charge in [-0.05, 0) is 75.2 Å². The lowest BCUT2D eigenvalue weighted by molar-refractivity contribution is -0.117. The minimum atomic E-state index is -0.834. The predicted molar refractivity (Wildman–Crippen MR) is 144 cm³/mol. The molecule has 5 rings (SSSR count). The minimum absolute atomic E-state index is 0.0293. The Kier molecular flexibility index (Phi) is 7.23. The summed E-state index contributed by atoms with van der Waals surface area (Å²) in [6.07, 6.45) is 4.24. The summed E-state index contributed by atoms with van der Waals surface area (Å²) in [6.45, 7) is 3.48. The Balaban J connectivity index is 1.34. The Morgan fingerprint density at radius 2 is 1.70 bits per heavy atom. The van der Waals surface area contributed by atoms with E-state index in [0.29, 0.717) is 17.3 Å². The maximum absolute atomic E-state index is 13.4. The lowest BCUT2D eigenvalue weighted by Gasteiger charge is -2.15. The van der Waals surface area contributed by atoms with Gasteiger partial charge in [0.2, 0.25) is 11.8 Å². The molecule has 2 aromatic heterocycles. The maximum Gasteiger partial charge on any atom is 0.335 e. The van der Waals surface area contributed by atoms with Crippen LogP contribution in [-0.4, -0.2) is 30.9 Å². The van der Waals surface area contributed by atoms with Crippen molar-refractivity contribution in [2.24, 2.45) is 5.92 Å². The summed E-state index contributed by atoms with van der Waals surface area (Å²) >= 11 is 0. The number of halogens is 1. The zero-order valence-corrected chi connectivity index (χ0v) is 21.6. The van der Waals surface area contributed by atoms with Crippen LogP contribution in [0.15, 0.2) is 76.7 Å². The van der Waals surface area contributed by atoms with E-state index < -0.39 is 23.0 Å². The third-order valence-corrected chi connectivity index (χ3v) is 6.18. The van der Waals surface area contributed by atoms with Crippen LogP contribution in [0.5, 0.6) is 11.6 Å².